The molecule has 1 amide bonds. The molecule has 1 saturated carbocycles. The van der Waals surface area contributed by atoms with Gasteiger partial charge in [0.1, 0.15) is 0 Å². The van der Waals surface area contributed by atoms with Crippen LogP contribution in [0.15, 0.2) is 18.2 Å². The summed E-state index contributed by atoms with van der Waals surface area (Å²) < 4.78 is 0. The highest BCUT2D eigenvalue weighted by molar-refractivity contribution is 6.34. The molecule has 0 radical (unpaired) electrons. The van der Waals surface area contributed by atoms with Gasteiger partial charge in [-0.25, -0.2) is 0 Å². The fourth-order valence-corrected chi connectivity index (χ4v) is 2.40. The van der Waals surface area contributed by atoms with Gasteiger partial charge in [-0.1, -0.05) is 23.2 Å². The lowest BCUT2D eigenvalue weighted by Gasteiger charge is -2.15. The van der Waals surface area contributed by atoms with E-state index < -0.39 is 23.4 Å². The third-order valence-corrected chi connectivity index (χ3v) is 3.79. The minimum absolute atomic E-state index is 0.00647. The predicted octanol–water partition coefficient (Wildman–Crippen LogP) is 2.01. The topological polar surface area (TPSA) is 86.6 Å². The minimum atomic E-state index is -1.43. The number of halogens is 2. The van der Waals surface area contributed by atoms with E-state index >= 15 is 0 Å². The highest BCUT2D eigenvalue weighted by Crippen LogP contribution is 2.45. The van der Waals surface area contributed by atoms with Crippen LogP contribution in [0, 0.1) is 5.41 Å². The molecule has 3 N–H and O–H groups in total. The van der Waals surface area contributed by atoms with Crippen molar-refractivity contribution in [2.45, 2.75) is 18.9 Å². The molecule has 1 aliphatic carbocycles. The van der Waals surface area contributed by atoms with E-state index in [1.54, 1.807) is 0 Å². The van der Waals surface area contributed by atoms with Gasteiger partial charge in [0, 0.05) is 16.6 Å². The number of carboxylic acid groups (broad SMARTS) is 1. The number of benzene rings is 1. The summed E-state index contributed by atoms with van der Waals surface area (Å²) in [6.07, 6.45) is -0.376. The fraction of sp³-hybridized carbons (Fsp3) is 0.385. The van der Waals surface area contributed by atoms with Crippen LogP contribution < -0.4 is 5.32 Å². The number of carbonyl (C=O) groups excluding carboxylic acids is 1. The molecule has 0 aliphatic heterocycles. The van der Waals surface area contributed by atoms with Crippen molar-refractivity contribution in [2.75, 3.05) is 6.54 Å². The van der Waals surface area contributed by atoms with Crippen molar-refractivity contribution in [3.05, 3.63) is 33.8 Å². The van der Waals surface area contributed by atoms with Crippen molar-refractivity contribution in [3.63, 3.8) is 0 Å². The van der Waals surface area contributed by atoms with Crippen LogP contribution in [0.2, 0.25) is 10.0 Å². The van der Waals surface area contributed by atoms with Gasteiger partial charge in [-0.2, -0.15) is 0 Å². The number of nitrogens with one attached hydrogen (secondary N) is 1. The Kier molecular flexibility index (Phi) is 4.22. The van der Waals surface area contributed by atoms with E-state index in [2.05, 4.69) is 5.32 Å². The summed E-state index contributed by atoms with van der Waals surface area (Å²) in [7, 11) is 0. The van der Waals surface area contributed by atoms with Crippen molar-refractivity contribution in [3.8, 4) is 0 Å². The van der Waals surface area contributed by atoms with E-state index in [0.717, 1.165) is 0 Å². The lowest BCUT2D eigenvalue weighted by Crippen LogP contribution is -2.37. The van der Waals surface area contributed by atoms with Crippen molar-refractivity contribution in [1.82, 2.24) is 5.32 Å². The van der Waals surface area contributed by atoms with Crippen LogP contribution in [-0.2, 0) is 9.59 Å². The van der Waals surface area contributed by atoms with E-state index in [1.165, 1.54) is 18.2 Å². The third kappa shape index (κ3) is 3.23. The molecule has 5 nitrogen and oxygen atoms in total. The largest absolute Gasteiger partial charge is 0.481 e. The Bertz CT molecular complexity index is 537. The molecule has 2 rings (SSSR count). The fourth-order valence-electron chi connectivity index (χ4n) is 1.85. The smallest absolute Gasteiger partial charge is 0.311 e. The van der Waals surface area contributed by atoms with Gasteiger partial charge in [0.25, 0.3) is 5.91 Å². The molecule has 1 aromatic rings. The van der Waals surface area contributed by atoms with E-state index in [9.17, 15) is 14.7 Å². The van der Waals surface area contributed by atoms with Crippen LogP contribution in [0.5, 0.6) is 0 Å². The van der Waals surface area contributed by atoms with Crippen LogP contribution in [0.25, 0.3) is 0 Å². The van der Waals surface area contributed by atoms with Crippen molar-refractivity contribution >= 4 is 35.1 Å². The van der Waals surface area contributed by atoms with E-state index in [0.29, 0.717) is 22.9 Å². The van der Waals surface area contributed by atoms with Crippen LogP contribution in [-0.4, -0.2) is 28.6 Å². The molecule has 7 heteroatoms. The molecule has 1 aromatic carbocycles. The monoisotopic (exact) mass is 317 g/mol. The molecule has 1 aliphatic rings. The summed E-state index contributed by atoms with van der Waals surface area (Å²) in [5, 5.41) is 22.0. The Labute approximate surface area is 125 Å². The Balaban J connectivity index is 2.00. The number of carboxylic acids is 1. The summed E-state index contributed by atoms with van der Waals surface area (Å²) in [4.78, 5) is 22.8. The van der Waals surface area contributed by atoms with Crippen molar-refractivity contribution in [2.24, 2.45) is 5.41 Å². The summed E-state index contributed by atoms with van der Waals surface area (Å²) in [6.45, 7) is 0.00647. The van der Waals surface area contributed by atoms with Crippen LogP contribution in [0.1, 0.15) is 24.5 Å². The van der Waals surface area contributed by atoms with Crippen LogP contribution >= 0.6 is 23.2 Å². The average Bonchev–Trinajstić information content (AvgIpc) is 3.15. The molecule has 0 aromatic heterocycles. The molecule has 0 saturated heterocycles. The Morgan fingerprint density at radius 3 is 2.25 bits per heavy atom. The average molecular weight is 318 g/mol. The number of aliphatic hydroxyl groups is 1. The Morgan fingerprint density at radius 1 is 1.25 bits per heavy atom. The number of carbonyl (C=O) groups is 2. The SMILES string of the molecule is O=C(NCC1(C(=O)O)CC1)C(O)c1cc(Cl)cc(Cl)c1. The van der Waals surface area contributed by atoms with Gasteiger partial charge in [-0.05, 0) is 36.6 Å². The molecule has 20 heavy (non-hydrogen) atoms. The van der Waals surface area contributed by atoms with Crippen molar-refractivity contribution in [1.29, 1.82) is 0 Å². The van der Waals surface area contributed by atoms with Crippen molar-refractivity contribution < 1.29 is 19.8 Å². The maximum atomic E-state index is 11.8. The molecule has 1 fully saturated rings. The first-order valence-corrected chi connectivity index (χ1v) is 6.75. The predicted molar refractivity (Wildman–Crippen MR) is 73.7 cm³/mol. The van der Waals surface area contributed by atoms with Gasteiger partial charge in [-0.3, -0.25) is 9.59 Å². The molecule has 1 unspecified atom stereocenters. The summed E-state index contributed by atoms with van der Waals surface area (Å²) in [6, 6.07) is 4.35. The number of rotatable bonds is 5. The molecule has 0 bridgehead atoms. The summed E-state index contributed by atoms with van der Waals surface area (Å²) in [5.74, 6) is -1.60. The molecule has 1 atom stereocenters. The highest BCUT2D eigenvalue weighted by Gasteiger charge is 2.50. The van der Waals surface area contributed by atoms with Gasteiger partial charge in [0.2, 0.25) is 0 Å². The third-order valence-electron chi connectivity index (χ3n) is 3.36. The molecular formula is C13H13Cl2NO4. The van der Waals surface area contributed by atoms with E-state index in [-0.39, 0.29) is 12.1 Å². The molecule has 0 heterocycles. The second-order valence-electron chi connectivity index (χ2n) is 4.91. The number of aliphatic carboxylic acids is 1. The zero-order valence-electron chi connectivity index (χ0n) is 10.4. The first-order chi connectivity index (χ1) is 9.34. The van der Waals surface area contributed by atoms with Gasteiger partial charge < -0.3 is 15.5 Å². The Hall–Kier alpha value is -1.30. The molecular weight excluding hydrogens is 305 g/mol. The number of aliphatic hydroxyl groups excluding tert-OH is 1. The van der Waals surface area contributed by atoms with Gasteiger partial charge in [-0.15, -0.1) is 0 Å². The quantitative estimate of drug-likeness (QED) is 0.775. The number of amides is 1. The second-order valence-corrected chi connectivity index (χ2v) is 5.78. The van der Waals surface area contributed by atoms with Gasteiger partial charge in [0.15, 0.2) is 6.10 Å². The van der Waals surface area contributed by atoms with E-state index in [4.69, 9.17) is 28.3 Å². The Morgan fingerprint density at radius 2 is 1.80 bits per heavy atom. The molecule has 108 valence electrons. The highest BCUT2D eigenvalue weighted by atomic mass is 35.5. The summed E-state index contributed by atoms with van der Waals surface area (Å²) in [5.41, 5.74) is -0.610. The minimum Gasteiger partial charge on any atom is -0.481 e. The lowest BCUT2D eigenvalue weighted by atomic mass is 10.1. The maximum absolute atomic E-state index is 11.8. The normalized spacial score (nSPS) is 17.4. The first kappa shape index (κ1) is 15.1. The number of hydrogen-bond donors (Lipinski definition) is 3. The van der Waals surface area contributed by atoms with Gasteiger partial charge >= 0.3 is 5.97 Å². The lowest BCUT2D eigenvalue weighted by molar-refractivity contribution is -0.143. The zero-order chi connectivity index (χ0) is 14.9. The maximum Gasteiger partial charge on any atom is 0.311 e. The zero-order valence-corrected chi connectivity index (χ0v) is 11.9. The first-order valence-electron chi connectivity index (χ1n) is 5.99. The van der Waals surface area contributed by atoms with Gasteiger partial charge in [0.05, 0.1) is 5.41 Å². The van der Waals surface area contributed by atoms with Crippen LogP contribution in [0.3, 0.4) is 0 Å². The summed E-state index contributed by atoms with van der Waals surface area (Å²) >= 11 is 11.6. The van der Waals surface area contributed by atoms with E-state index in [1.807, 2.05) is 0 Å². The molecule has 0 spiro atoms. The second kappa shape index (κ2) is 5.60. The number of hydrogen-bond acceptors (Lipinski definition) is 3. The van der Waals surface area contributed by atoms with Crippen LogP contribution in [0.4, 0.5) is 0 Å². The standard InChI is InChI=1S/C13H13Cl2NO4/c14-8-3-7(4-9(15)5-8)10(17)11(18)16-6-13(1-2-13)12(19)20/h3-5,10,17H,1-2,6H2,(H,16,18)(H,19,20).